The molecule has 2 heterocycles. The zero-order chi connectivity index (χ0) is 18.7. The molecule has 0 bridgehead atoms. The molecule has 3 rings (SSSR count). The van der Waals surface area contributed by atoms with Gasteiger partial charge in [0.2, 0.25) is 0 Å². The minimum atomic E-state index is -4.43. The van der Waals surface area contributed by atoms with Crippen LogP contribution in [0.15, 0.2) is 36.4 Å². The summed E-state index contributed by atoms with van der Waals surface area (Å²) in [6.07, 6.45) is -2.12. The van der Waals surface area contributed by atoms with E-state index in [1.54, 1.807) is 12.1 Å². The van der Waals surface area contributed by atoms with Crippen LogP contribution in [-0.4, -0.2) is 29.2 Å². The molecule has 1 N–H and O–H groups in total. The molecule has 1 aliphatic heterocycles. The van der Waals surface area contributed by atoms with Crippen LogP contribution in [0.25, 0.3) is 0 Å². The lowest BCUT2D eigenvalue weighted by Gasteiger charge is -2.31. The summed E-state index contributed by atoms with van der Waals surface area (Å²) in [5.41, 5.74) is -0.678. The lowest BCUT2D eigenvalue weighted by atomic mass is 10.0. The highest BCUT2D eigenvalue weighted by Crippen LogP contribution is 2.29. The van der Waals surface area contributed by atoms with Crippen molar-refractivity contribution >= 4 is 17.5 Å². The maximum atomic E-state index is 12.6. The summed E-state index contributed by atoms with van der Waals surface area (Å²) in [7, 11) is 0. The monoisotopic (exact) mass is 364 g/mol. The molecule has 8 heteroatoms. The van der Waals surface area contributed by atoms with Gasteiger partial charge in [-0.1, -0.05) is 6.92 Å². The first-order valence-electron chi connectivity index (χ1n) is 8.40. The first kappa shape index (κ1) is 18.2. The van der Waals surface area contributed by atoms with Gasteiger partial charge in [0.05, 0.1) is 5.56 Å². The Labute approximate surface area is 149 Å². The van der Waals surface area contributed by atoms with Crippen molar-refractivity contribution in [3.05, 3.63) is 47.5 Å². The van der Waals surface area contributed by atoms with Crippen molar-refractivity contribution in [2.75, 3.05) is 23.3 Å². The van der Waals surface area contributed by atoms with Gasteiger partial charge in [0.1, 0.15) is 0 Å². The van der Waals surface area contributed by atoms with Gasteiger partial charge in [-0.15, -0.1) is 10.2 Å². The van der Waals surface area contributed by atoms with Crippen molar-refractivity contribution in [3.8, 4) is 0 Å². The molecule has 0 radical (unpaired) electrons. The van der Waals surface area contributed by atoms with E-state index in [-0.39, 0.29) is 11.4 Å². The lowest BCUT2D eigenvalue weighted by Crippen LogP contribution is -2.34. The minimum absolute atomic E-state index is 0.119. The number of alkyl halides is 3. The smallest absolute Gasteiger partial charge is 0.355 e. The molecule has 0 saturated carbocycles. The molecule has 0 aliphatic carbocycles. The average molecular weight is 364 g/mol. The summed E-state index contributed by atoms with van der Waals surface area (Å²) >= 11 is 0. The Hall–Kier alpha value is -2.64. The number of hydrogen-bond acceptors (Lipinski definition) is 4. The Balaban J connectivity index is 1.64. The number of amides is 1. The van der Waals surface area contributed by atoms with Gasteiger partial charge in [-0.3, -0.25) is 4.79 Å². The third-order valence-corrected chi connectivity index (χ3v) is 4.35. The Morgan fingerprint density at radius 1 is 1.15 bits per heavy atom. The van der Waals surface area contributed by atoms with Gasteiger partial charge >= 0.3 is 6.18 Å². The van der Waals surface area contributed by atoms with Gasteiger partial charge in [0.15, 0.2) is 11.6 Å². The average Bonchev–Trinajstić information content (AvgIpc) is 2.62. The maximum Gasteiger partial charge on any atom is 0.416 e. The second-order valence-corrected chi connectivity index (χ2v) is 6.50. The molecule has 0 spiro atoms. The predicted octanol–water partition coefficient (Wildman–Crippen LogP) is 3.98. The molecule has 1 aliphatic rings. The van der Waals surface area contributed by atoms with Gasteiger partial charge in [-0.2, -0.15) is 13.2 Å². The van der Waals surface area contributed by atoms with E-state index in [0.29, 0.717) is 5.92 Å². The van der Waals surface area contributed by atoms with E-state index in [9.17, 15) is 18.0 Å². The summed E-state index contributed by atoms with van der Waals surface area (Å²) in [4.78, 5) is 14.3. The van der Waals surface area contributed by atoms with E-state index in [0.717, 1.165) is 49.6 Å². The summed E-state index contributed by atoms with van der Waals surface area (Å²) in [6.45, 7) is 4.04. The number of rotatable bonds is 3. The zero-order valence-corrected chi connectivity index (χ0v) is 14.3. The van der Waals surface area contributed by atoms with Crippen LogP contribution in [0.5, 0.6) is 0 Å². The van der Waals surface area contributed by atoms with Crippen LogP contribution < -0.4 is 10.2 Å². The van der Waals surface area contributed by atoms with E-state index in [2.05, 4.69) is 27.3 Å². The Kier molecular flexibility index (Phi) is 5.11. The summed E-state index contributed by atoms with van der Waals surface area (Å²) in [6, 6.07) is 7.45. The van der Waals surface area contributed by atoms with Crippen LogP contribution in [0.3, 0.4) is 0 Å². The van der Waals surface area contributed by atoms with Crippen LogP contribution in [-0.2, 0) is 6.18 Å². The zero-order valence-electron chi connectivity index (χ0n) is 14.3. The van der Waals surface area contributed by atoms with Crippen molar-refractivity contribution in [3.63, 3.8) is 0 Å². The number of piperidine rings is 1. The standard InChI is InChI=1S/C18H19F3N4O/c1-12-3-2-10-25(11-12)16-9-8-15(23-24-16)22-17(26)13-4-6-14(7-5-13)18(19,20)21/h4-9,12H,2-3,10-11H2,1H3,(H,22,23,26). The van der Waals surface area contributed by atoms with Crippen molar-refractivity contribution < 1.29 is 18.0 Å². The number of benzene rings is 1. The summed E-state index contributed by atoms with van der Waals surface area (Å²) in [5.74, 6) is 1.07. The van der Waals surface area contributed by atoms with Crippen LogP contribution in [0.4, 0.5) is 24.8 Å². The van der Waals surface area contributed by atoms with Crippen molar-refractivity contribution in [2.45, 2.75) is 25.9 Å². The largest absolute Gasteiger partial charge is 0.416 e. The predicted molar refractivity (Wildman–Crippen MR) is 92.0 cm³/mol. The SMILES string of the molecule is CC1CCCN(c2ccc(NC(=O)c3ccc(C(F)(F)F)cc3)nn2)C1. The molecule has 1 aromatic heterocycles. The molecule has 2 aromatic rings. The van der Waals surface area contributed by atoms with Crippen LogP contribution in [0.1, 0.15) is 35.7 Å². The van der Waals surface area contributed by atoms with Crippen molar-refractivity contribution in [2.24, 2.45) is 5.92 Å². The highest BCUT2D eigenvalue weighted by molar-refractivity contribution is 6.03. The number of nitrogens with zero attached hydrogens (tertiary/aromatic N) is 3. The lowest BCUT2D eigenvalue weighted by molar-refractivity contribution is -0.137. The van der Waals surface area contributed by atoms with Gasteiger partial charge in [-0.25, -0.2) is 0 Å². The first-order valence-corrected chi connectivity index (χ1v) is 8.40. The Morgan fingerprint density at radius 2 is 1.88 bits per heavy atom. The fourth-order valence-corrected chi connectivity index (χ4v) is 2.96. The van der Waals surface area contributed by atoms with Crippen molar-refractivity contribution in [1.82, 2.24) is 10.2 Å². The summed E-state index contributed by atoms with van der Waals surface area (Å²) < 4.78 is 37.7. The molecule has 26 heavy (non-hydrogen) atoms. The number of carbonyl (C=O) groups excluding carboxylic acids is 1. The number of anilines is 2. The van der Waals surface area contributed by atoms with Crippen LogP contribution >= 0.6 is 0 Å². The fourth-order valence-electron chi connectivity index (χ4n) is 2.96. The fraction of sp³-hybridized carbons (Fsp3) is 0.389. The third-order valence-electron chi connectivity index (χ3n) is 4.35. The van der Waals surface area contributed by atoms with Gasteiger partial charge in [0, 0.05) is 18.7 Å². The number of aromatic nitrogens is 2. The summed E-state index contributed by atoms with van der Waals surface area (Å²) in [5, 5.41) is 10.7. The number of hydrogen-bond donors (Lipinski definition) is 1. The quantitative estimate of drug-likeness (QED) is 0.895. The van der Waals surface area contributed by atoms with E-state index < -0.39 is 17.6 Å². The highest BCUT2D eigenvalue weighted by atomic mass is 19.4. The normalized spacial score (nSPS) is 17.8. The molecule has 1 fully saturated rings. The number of carbonyl (C=O) groups is 1. The molecule has 1 unspecified atom stereocenters. The van der Waals surface area contributed by atoms with Gasteiger partial charge < -0.3 is 10.2 Å². The van der Waals surface area contributed by atoms with Crippen LogP contribution in [0, 0.1) is 5.92 Å². The highest BCUT2D eigenvalue weighted by Gasteiger charge is 2.30. The molecule has 1 saturated heterocycles. The number of halogens is 3. The molecule has 138 valence electrons. The molecular weight excluding hydrogens is 345 g/mol. The second-order valence-electron chi connectivity index (χ2n) is 6.50. The van der Waals surface area contributed by atoms with E-state index >= 15 is 0 Å². The minimum Gasteiger partial charge on any atom is -0.355 e. The van der Waals surface area contributed by atoms with Crippen LogP contribution in [0.2, 0.25) is 0 Å². The molecule has 1 aromatic carbocycles. The van der Waals surface area contributed by atoms with Crippen molar-refractivity contribution in [1.29, 1.82) is 0 Å². The van der Waals surface area contributed by atoms with E-state index in [1.807, 2.05) is 0 Å². The first-order chi connectivity index (χ1) is 12.3. The number of nitrogens with one attached hydrogen (secondary N) is 1. The van der Waals surface area contributed by atoms with Gasteiger partial charge in [0.25, 0.3) is 5.91 Å². The molecule has 1 atom stereocenters. The molecule has 5 nitrogen and oxygen atoms in total. The topological polar surface area (TPSA) is 58.1 Å². The Morgan fingerprint density at radius 3 is 2.46 bits per heavy atom. The maximum absolute atomic E-state index is 12.6. The second kappa shape index (κ2) is 7.31. The third kappa shape index (κ3) is 4.30. The van der Waals surface area contributed by atoms with Gasteiger partial charge in [-0.05, 0) is 55.2 Å². The molecule has 1 amide bonds. The van der Waals surface area contributed by atoms with E-state index in [4.69, 9.17) is 0 Å². The molecular formula is C18H19F3N4O. The van der Waals surface area contributed by atoms with E-state index in [1.165, 1.54) is 6.42 Å². The Bertz CT molecular complexity index is 760.